The summed E-state index contributed by atoms with van der Waals surface area (Å²) >= 11 is 11.8. The monoisotopic (exact) mass is 462 g/mol. The van der Waals surface area contributed by atoms with Crippen LogP contribution in [0.15, 0.2) is 52.9 Å². The van der Waals surface area contributed by atoms with Crippen LogP contribution in [0.3, 0.4) is 0 Å². The van der Waals surface area contributed by atoms with Gasteiger partial charge >= 0.3 is 0 Å². The third kappa shape index (κ3) is 7.27. The molecular formula is C21H20Cl2N4O4. The van der Waals surface area contributed by atoms with Crippen LogP contribution in [0.4, 0.5) is 0 Å². The largest absolute Gasteiger partial charge is 0.492 e. The molecule has 162 valence electrons. The van der Waals surface area contributed by atoms with Crippen molar-refractivity contribution in [2.24, 2.45) is 0 Å². The minimum absolute atomic E-state index is 0.0921. The van der Waals surface area contributed by atoms with Gasteiger partial charge in [0.1, 0.15) is 5.75 Å². The Balaban J connectivity index is 1.30. The highest BCUT2D eigenvalue weighted by Crippen LogP contribution is 2.27. The average Bonchev–Trinajstić information content (AvgIpc) is 3.25. The van der Waals surface area contributed by atoms with E-state index in [1.54, 1.807) is 18.2 Å². The van der Waals surface area contributed by atoms with E-state index < -0.39 is 0 Å². The molecule has 0 atom stereocenters. The lowest BCUT2D eigenvalue weighted by Crippen LogP contribution is -2.41. The van der Waals surface area contributed by atoms with Crippen LogP contribution in [-0.4, -0.2) is 28.6 Å². The zero-order valence-corrected chi connectivity index (χ0v) is 17.9. The molecule has 2 N–H and O–H groups in total. The second kappa shape index (κ2) is 11.3. The summed E-state index contributed by atoms with van der Waals surface area (Å²) in [4.78, 5) is 23.8. The van der Waals surface area contributed by atoms with E-state index in [4.69, 9.17) is 32.4 Å². The maximum absolute atomic E-state index is 11.9. The highest BCUT2D eigenvalue weighted by molar-refractivity contribution is 6.35. The summed E-state index contributed by atoms with van der Waals surface area (Å²) in [7, 11) is 0. The summed E-state index contributed by atoms with van der Waals surface area (Å²) in [5.41, 5.74) is 5.53. The number of carbonyl (C=O) groups is 2. The third-order valence-corrected chi connectivity index (χ3v) is 4.62. The summed E-state index contributed by atoms with van der Waals surface area (Å²) < 4.78 is 11.1. The van der Waals surface area contributed by atoms with Crippen molar-refractivity contribution in [1.82, 2.24) is 21.0 Å². The van der Waals surface area contributed by atoms with Crippen LogP contribution in [0.1, 0.15) is 25.2 Å². The number of hydrogen-bond acceptors (Lipinski definition) is 6. The fourth-order valence-electron chi connectivity index (χ4n) is 2.54. The minimum Gasteiger partial charge on any atom is -0.492 e. The van der Waals surface area contributed by atoms with Crippen molar-refractivity contribution in [3.05, 3.63) is 64.5 Å². The van der Waals surface area contributed by atoms with Crippen LogP contribution in [0.5, 0.6) is 5.75 Å². The Labute approximate surface area is 188 Å². The first-order valence-corrected chi connectivity index (χ1v) is 10.3. The Morgan fingerprint density at radius 3 is 2.45 bits per heavy atom. The van der Waals surface area contributed by atoms with Crippen molar-refractivity contribution in [3.63, 3.8) is 0 Å². The molecule has 1 aromatic heterocycles. The molecule has 10 heteroatoms. The Morgan fingerprint density at radius 1 is 0.968 bits per heavy atom. The predicted octanol–water partition coefficient (Wildman–Crippen LogP) is 3.98. The van der Waals surface area contributed by atoms with Crippen LogP contribution >= 0.6 is 23.2 Å². The summed E-state index contributed by atoms with van der Waals surface area (Å²) in [6.07, 6.45) is 0.979. The van der Waals surface area contributed by atoms with Gasteiger partial charge in [-0.25, -0.2) is 0 Å². The zero-order chi connectivity index (χ0) is 22.1. The molecule has 0 aliphatic heterocycles. The molecule has 0 fully saturated rings. The molecular weight excluding hydrogens is 443 g/mol. The number of amides is 2. The Morgan fingerprint density at radius 2 is 1.71 bits per heavy atom. The number of benzene rings is 2. The van der Waals surface area contributed by atoms with E-state index in [0.717, 1.165) is 5.56 Å². The number of nitrogens with one attached hydrogen (secondary N) is 2. The summed E-state index contributed by atoms with van der Waals surface area (Å²) in [6.45, 7) is 0.295. The van der Waals surface area contributed by atoms with Gasteiger partial charge in [0.25, 0.3) is 0 Å². The summed E-state index contributed by atoms with van der Waals surface area (Å²) in [5, 5.41) is 8.82. The molecule has 31 heavy (non-hydrogen) atoms. The van der Waals surface area contributed by atoms with Crippen molar-refractivity contribution in [1.29, 1.82) is 0 Å². The molecule has 1 heterocycles. The van der Waals surface area contributed by atoms with Crippen molar-refractivity contribution in [3.8, 4) is 17.2 Å². The molecule has 2 amide bonds. The molecule has 0 radical (unpaired) electrons. The van der Waals surface area contributed by atoms with E-state index in [1.807, 2.05) is 30.3 Å². The molecule has 3 rings (SSSR count). The third-order valence-electron chi connectivity index (χ3n) is 4.09. The number of halogens is 2. The van der Waals surface area contributed by atoms with Gasteiger partial charge in [0.15, 0.2) is 0 Å². The Bertz CT molecular complexity index is 1030. The lowest BCUT2D eigenvalue weighted by Gasteiger charge is -2.09. The van der Waals surface area contributed by atoms with Gasteiger partial charge in [-0.05, 0) is 36.8 Å². The molecule has 2 aromatic carbocycles. The quantitative estimate of drug-likeness (QED) is 0.367. The summed E-state index contributed by atoms with van der Waals surface area (Å²) in [5.74, 6) is 0.543. The smallest absolute Gasteiger partial charge is 0.247 e. The van der Waals surface area contributed by atoms with Crippen LogP contribution in [-0.2, 0) is 16.0 Å². The molecule has 3 aromatic rings. The van der Waals surface area contributed by atoms with Gasteiger partial charge < -0.3 is 9.15 Å². The Hall–Kier alpha value is -3.10. The SMILES string of the molecule is O=C(CCCOc1ccc(Cl)cc1Cl)NNC(=O)CCc1nnc(-c2ccccc2)o1. The van der Waals surface area contributed by atoms with Crippen molar-refractivity contribution >= 4 is 35.0 Å². The van der Waals surface area contributed by atoms with Gasteiger partial charge in [-0.15, -0.1) is 10.2 Å². The van der Waals surface area contributed by atoms with Crippen molar-refractivity contribution in [2.75, 3.05) is 6.61 Å². The zero-order valence-electron chi connectivity index (χ0n) is 16.4. The van der Waals surface area contributed by atoms with Gasteiger partial charge in [-0.3, -0.25) is 20.4 Å². The fraction of sp³-hybridized carbons (Fsp3) is 0.238. The molecule has 0 bridgehead atoms. The van der Waals surface area contributed by atoms with Gasteiger partial charge in [-0.1, -0.05) is 41.4 Å². The number of aromatic nitrogens is 2. The van der Waals surface area contributed by atoms with Crippen LogP contribution < -0.4 is 15.6 Å². The summed E-state index contributed by atoms with van der Waals surface area (Å²) in [6, 6.07) is 14.3. The second-order valence-electron chi connectivity index (χ2n) is 6.49. The number of ether oxygens (including phenoxy) is 1. The van der Waals surface area contributed by atoms with Gasteiger partial charge in [-0.2, -0.15) is 0 Å². The lowest BCUT2D eigenvalue weighted by molar-refractivity contribution is -0.129. The van der Waals surface area contributed by atoms with Crippen LogP contribution in [0.2, 0.25) is 10.0 Å². The number of rotatable bonds is 9. The molecule has 0 saturated heterocycles. The normalized spacial score (nSPS) is 10.5. The number of hydrogen-bond donors (Lipinski definition) is 2. The standard InChI is InChI=1S/C21H20Cl2N4O4/c22-15-8-9-17(16(23)13-15)30-12-4-7-18(28)24-25-19(29)10-11-20-26-27-21(31-20)14-5-2-1-3-6-14/h1-3,5-6,8-9,13H,4,7,10-12H2,(H,24,28)(H,25,29). The Kier molecular flexibility index (Phi) is 8.26. The molecule has 0 saturated carbocycles. The molecule has 0 spiro atoms. The lowest BCUT2D eigenvalue weighted by atomic mass is 10.2. The van der Waals surface area contributed by atoms with Crippen LogP contribution in [0, 0.1) is 0 Å². The predicted molar refractivity (Wildman–Crippen MR) is 116 cm³/mol. The van der Waals surface area contributed by atoms with Crippen molar-refractivity contribution < 1.29 is 18.7 Å². The van der Waals surface area contributed by atoms with E-state index in [2.05, 4.69) is 21.0 Å². The number of nitrogens with zero attached hydrogens (tertiary/aromatic N) is 2. The minimum atomic E-state index is -0.364. The maximum atomic E-state index is 11.9. The van der Waals surface area contributed by atoms with E-state index in [0.29, 0.717) is 40.6 Å². The topological polar surface area (TPSA) is 106 Å². The van der Waals surface area contributed by atoms with E-state index >= 15 is 0 Å². The number of hydrazine groups is 1. The fourth-order valence-corrected chi connectivity index (χ4v) is 3.01. The molecule has 0 unspecified atom stereocenters. The van der Waals surface area contributed by atoms with E-state index in [-0.39, 0.29) is 31.1 Å². The first-order valence-electron chi connectivity index (χ1n) is 9.54. The first kappa shape index (κ1) is 22.6. The van der Waals surface area contributed by atoms with Gasteiger partial charge in [0.05, 0.1) is 11.6 Å². The maximum Gasteiger partial charge on any atom is 0.247 e. The highest BCUT2D eigenvalue weighted by atomic mass is 35.5. The van der Waals surface area contributed by atoms with Gasteiger partial charge in [0, 0.05) is 29.8 Å². The molecule has 0 aliphatic rings. The number of carbonyl (C=O) groups excluding carboxylic acids is 2. The van der Waals surface area contributed by atoms with Crippen molar-refractivity contribution in [2.45, 2.75) is 25.7 Å². The van der Waals surface area contributed by atoms with E-state index in [9.17, 15) is 9.59 Å². The molecule has 0 aliphatic carbocycles. The molecule has 8 nitrogen and oxygen atoms in total. The first-order chi connectivity index (χ1) is 15.0. The van der Waals surface area contributed by atoms with Crippen LogP contribution in [0.25, 0.3) is 11.5 Å². The average molecular weight is 463 g/mol. The van der Waals surface area contributed by atoms with E-state index in [1.165, 1.54) is 0 Å². The second-order valence-corrected chi connectivity index (χ2v) is 7.33. The van der Waals surface area contributed by atoms with Gasteiger partial charge in [0.2, 0.25) is 23.6 Å². The highest BCUT2D eigenvalue weighted by Gasteiger charge is 2.11. The number of aryl methyl sites for hydroxylation is 1.